The highest BCUT2D eigenvalue weighted by atomic mass is 79.9. The maximum Gasteiger partial charge on any atom is 0.229 e. The summed E-state index contributed by atoms with van der Waals surface area (Å²) < 4.78 is 2.86. The summed E-state index contributed by atoms with van der Waals surface area (Å²) in [6, 6.07) is 0.413. The third-order valence-electron chi connectivity index (χ3n) is 5.49. The molecular weight excluding hydrogens is 436 g/mol. The first-order valence-corrected chi connectivity index (χ1v) is 10.8. The number of hydrogen-bond donors (Lipinski definition) is 2. The predicted molar refractivity (Wildman–Crippen MR) is 115 cm³/mol. The van der Waals surface area contributed by atoms with Crippen LogP contribution in [0, 0.1) is 6.92 Å². The molecule has 29 heavy (non-hydrogen) atoms. The molecule has 4 rings (SSSR count). The molecule has 0 spiro atoms. The van der Waals surface area contributed by atoms with Gasteiger partial charge in [-0.05, 0) is 49.3 Å². The molecule has 1 amide bonds. The number of hydrogen-bond acceptors (Lipinski definition) is 7. The fourth-order valence-electron chi connectivity index (χ4n) is 3.67. The number of β-lactam (4-membered cyclic amide) rings is 1. The standard InChI is InChI=1S/C19H27BrN8O/c1-13-16(12-28(25-13)14-4-8-26(2)11-14)23-19-22-10-15(20)18(24-19)21-6-3-7-27-9-5-17(27)29/h10,12,14H,3-9,11H2,1-2H3,(H2,21,22,23,24). The molecule has 9 nitrogen and oxygen atoms in total. The summed E-state index contributed by atoms with van der Waals surface area (Å²) in [6.45, 7) is 6.52. The van der Waals surface area contributed by atoms with E-state index in [1.807, 2.05) is 18.0 Å². The van der Waals surface area contributed by atoms with Crippen LogP contribution in [-0.4, -0.2) is 75.2 Å². The Balaban J connectivity index is 1.36. The molecule has 156 valence electrons. The van der Waals surface area contributed by atoms with E-state index in [4.69, 9.17) is 0 Å². The number of anilines is 3. The Morgan fingerprint density at radius 1 is 1.34 bits per heavy atom. The molecule has 4 heterocycles. The van der Waals surface area contributed by atoms with Gasteiger partial charge in [-0.25, -0.2) is 4.98 Å². The van der Waals surface area contributed by atoms with Gasteiger partial charge in [0.05, 0.1) is 21.9 Å². The van der Waals surface area contributed by atoms with E-state index >= 15 is 0 Å². The van der Waals surface area contributed by atoms with Gasteiger partial charge in [-0.1, -0.05) is 0 Å². The van der Waals surface area contributed by atoms with Crippen molar-refractivity contribution in [1.29, 1.82) is 0 Å². The van der Waals surface area contributed by atoms with Gasteiger partial charge in [0.25, 0.3) is 0 Å². The SMILES string of the molecule is Cc1nn(C2CCN(C)C2)cc1Nc1ncc(Br)c(NCCCN2CCC2=O)n1. The molecule has 0 radical (unpaired) electrons. The van der Waals surface area contributed by atoms with E-state index < -0.39 is 0 Å². The second-order valence-electron chi connectivity index (χ2n) is 7.74. The molecule has 2 saturated heterocycles. The monoisotopic (exact) mass is 462 g/mol. The van der Waals surface area contributed by atoms with Crippen molar-refractivity contribution in [3.8, 4) is 0 Å². The summed E-state index contributed by atoms with van der Waals surface area (Å²) in [5.74, 6) is 1.51. The quantitative estimate of drug-likeness (QED) is 0.459. The zero-order chi connectivity index (χ0) is 20.4. The van der Waals surface area contributed by atoms with Crippen LogP contribution in [0.15, 0.2) is 16.9 Å². The Morgan fingerprint density at radius 3 is 2.90 bits per heavy atom. The van der Waals surface area contributed by atoms with Crippen LogP contribution in [0.3, 0.4) is 0 Å². The molecule has 2 aliphatic heterocycles. The minimum atomic E-state index is 0.250. The first-order chi connectivity index (χ1) is 14.0. The number of amides is 1. The summed E-state index contributed by atoms with van der Waals surface area (Å²) in [5, 5.41) is 11.3. The minimum Gasteiger partial charge on any atom is -0.369 e. The highest BCUT2D eigenvalue weighted by Gasteiger charge is 2.23. The summed E-state index contributed by atoms with van der Waals surface area (Å²) in [7, 11) is 2.14. The van der Waals surface area contributed by atoms with E-state index in [0.29, 0.717) is 18.4 Å². The van der Waals surface area contributed by atoms with Crippen molar-refractivity contribution < 1.29 is 4.79 Å². The van der Waals surface area contributed by atoms with Crippen molar-refractivity contribution in [3.05, 3.63) is 22.6 Å². The first-order valence-electron chi connectivity index (χ1n) is 10.0. The number of halogens is 1. The molecule has 10 heteroatoms. The van der Waals surface area contributed by atoms with Crippen LogP contribution >= 0.6 is 15.9 Å². The summed E-state index contributed by atoms with van der Waals surface area (Å²) in [6.07, 6.45) is 6.47. The van der Waals surface area contributed by atoms with Crippen LogP contribution in [0.2, 0.25) is 0 Å². The first kappa shape index (κ1) is 20.1. The minimum absolute atomic E-state index is 0.250. The number of carbonyl (C=O) groups is 1. The van der Waals surface area contributed by atoms with Gasteiger partial charge in [-0.15, -0.1) is 0 Å². The molecule has 2 aliphatic rings. The van der Waals surface area contributed by atoms with E-state index in [1.54, 1.807) is 6.20 Å². The van der Waals surface area contributed by atoms with Crippen molar-refractivity contribution in [1.82, 2.24) is 29.5 Å². The third-order valence-corrected chi connectivity index (χ3v) is 6.07. The van der Waals surface area contributed by atoms with Crippen LogP contribution in [-0.2, 0) is 4.79 Å². The van der Waals surface area contributed by atoms with Crippen molar-refractivity contribution in [3.63, 3.8) is 0 Å². The second kappa shape index (κ2) is 8.66. The van der Waals surface area contributed by atoms with Crippen LogP contribution in [0.1, 0.15) is 31.0 Å². The van der Waals surface area contributed by atoms with Gasteiger partial charge in [0, 0.05) is 45.0 Å². The van der Waals surface area contributed by atoms with Crippen LogP contribution in [0.4, 0.5) is 17.5 Å². The molecule has 1 unspecified atom stereocenters. The number of nitrogens with one attached hydrogen (secondary N) is 2. The van der Waals surface area contributed by atoms with Gasteiger partial charge in [-0.3, -0.25) is 9.48 Å². The Kier molecular flexibility index (Phi) is 6.00. The van der Waals surface area contributed by atoms with E-state index in [9.17, 15) is 4.79 Å². The molecule has 1 atom stereocenters. The lowest BCUT2D eigenvalue weighted by atomic mass is 10.2. The van der Waals surface area contributed by atoms with E-state index in [1.165, 1.54) is 0 Å². The molecule has 0 aliphatic carbocycles. The maximum absolute atomic E-state index is 11.4. The maximum atomic E-state index is 11.4. The van der Waals surface area contributed by atoms with Gasteiger partial charge in [-0.2, -0.15) is 10.1 Å². The number of likely N-dealkylation sites (tertiary alicyclic amines) is 2. The highest BCUT2D eigenvalue weighted by Crippen LogP contribution is 2.26. The molecule has 0 aromatic carbocycles. The number of rotatable bonds is 8. The Hall–Kier alpha value is -2.20. The van der Waals surface area contributed by atoms with E-state index in [0.717, 1.165) is 67.2 Å². The molecule has 2 aromatic heterocycles. The Morgan fingerprint density at radius 2 is 2.21 bits per heavy atom. The van der Waals surface area contributed by atoms with Gasteiger partial charge < -0.3 is 20.4 Å². The molecular formula is C19H27BrN8O. The second-order valence-corrected chi connectivity index (χ2v) is 8.59. The molecule has 0 bridgehead atoms. The fourth-order valence-corrected chi connectivity index (χ4v) is 4.00. The average Bonchev–Trinajstić information content (AvgIpc) is 3.28. The normalized spacial score (nSPS) is 19.5. The third kappa shape index (κ3) is 4.69. The highest BCUT2D eigenvalue weighted by molar-refractivity contribution is 9.10. The number of carbonyl (C=O) groups excluding carboxylic acids is 1. The van der Waals surface area contributed by atoms with E-state index in [-0.39, 0.29) is 5.91 Å². The van der Waals surface area contributed by atoms with E-state index in [2.05, 4.69) is 58.3 Å². The summed E-state index contributed by atoms with van der Waals surface area (Å²) >= 11 is 3.50. The van der Waals surface area contributed by atoms with Gasteiger partial charge in [0.2, 0.25) is 11.9 Å². The lowest BCUT2D eigenvalue weighted by Crippen LogP contribution is -2.44. The summed E-state index contributed by atoms with van der Waals surface area (Å²) in [5.41, 5.74) is 1.85. The van der Waals surface area contributed by atoms with Crippen LogP contribution in [0.5, 0.6) is 0 Å². The topological polar surface area (TPSA) is 91.2 Å². The molecule has 2 N–H and O–H groups in total. The van der Waals surface area contributed by atoms with Crippen LogP contribution in [0.25, 0.3) is 0 Å². The van der Waals surface area contributed by atoms with Crippen molar-refractivity contribution in [2.45, 2.75) is 32.2 Å². The number of nitrogens with zero attached hydrogens (tertiary/aromatic N) is 6. The molecule has 0 saturated carbocycles. The van der Waals surface area contributed by atoms with Gasteiger partial charge in [0.1, 0.15) is 5.82 Å². The average molecular weight is 463 g/mol. The Labute approximate surface area is 179 Å². The van der Waals surface area contributed by atoms with Gasteiger partial charge in [0.15, 0.2) is 0 Å². The lowest BCUT2D eigenvalue weighted by Gasteiger charge is -2.30. The Bertz CT molecular complexity index is 885. The fraction of sp³-hybridized carbons (Fsp3) is 0.579. The van der Waals surface area contributed by atoms with Crippen molar-refractivity contribution in [2.24, 2.45) is 0 Å². The lowest BCUT2D eigenvalue weighted by molar-refractivity contribution is -0.139. The smallest absolute Gasteiger partial charge is 0.229 e. The zero-order valence-corrected chi connectivity index (χ0v) is 18.4. The van der Waals surface area contributed by atoms with Gasteiger partial charge >= 0.3 is 0 Å². The van der Waals surface area contributed by atoms with Crippen molar-refractivity contribution in [2.75, 3.05) is 50.4 Å². The predicted octanol–water partition coefficient (Wildman–Crippen LogP) is 2.40. The van der Waals surface area contributed by atoms with Crippen LogP contribution < -0.4 is 10.6 Å². The number of likely N-dealkylation sites (N-methyl/N-ethyl adjacent to an activating group) is 1. The number of aryl methyl sites for hydroxylation is 1. The zero-order valence-electron chi connectivity index (χ0n) is 16.9. The largest absolute Gasteiger partial charge is 0.369 e. The molecule has 2 fully saturated rings. The molecule has 2 aromatic rings. The van der Waals surface area contributed by atoms with Crippen molar-refractivity contribution >= 4 is 39.3 Å². The summed E-state index contributed by atoms with van der Waals surface area (Å²) in [4.78, 5) is 24.5. The number of aromatic nitrogens is 4.